The Morgan fingerprint density at radius 1 is 1.47 bits per heavy atom. The minimum absolute atomic E-state index is 0.224. The zero-order valence-electron chi connectivity index (χ0n) is 9.82. The lowest BCUT2D eigenvalue weighted by molar-refractivity contribution is -0.141. The van der Waals surface area contributed by atoms with Crippen molar-refractivity contribution >= 4 is 16.9 Å². The number of aromatic amines is 1. The molecule has 0 aliphatic heterocycles. The van der Waals surface area contributed by atoms with Crippen LogP contribution >= 0.6 is 0 Å². The first kappa shape index (κ1) is 11.5. The van der Waals surface area contributed by atoms with Crippen molar-refractivity contribution in [1.82, 2.24) is 4.98 Å². The molecule has 1 N–H and O–H groups in total. The number of carbonyl (C=O) groups is 1. The molecule has 0 atom stereocenters. The van der Waals surface area contributed by atoms with Gasteiger partial charge in [0.1, 0.15) is 6.61 Å². The van der Waals surface area contributed by atoms with Crippen LogP contribution in [0.4, 0.5) is 0 Å². The average molecular weight is 229 g/mol. The van der Waals surface area contributed by atoms with E-state index in [0.29, 0.717) is 6.42 Å². The van der Waals surface area contributed by atoms with Crippen molar-refractivity contribution < 1.29 is 9.53 Å². The molecule has 0 bridgehead atoms. The fourth-order valence-corrected chi connectivity index (χ4v) is 1.91. The molecule has 1 aromatic heterocycles. The molecule has 17 heavy (non-hydrogen) atoms. The number of carbonyl (C=O) groups excluding carboxylic acids is 1. The molecule has 0 aliphatic rings. The number of H-pyrrole nitrogens is 1. The van der Waals surface area contributed by atoms with Crippen molar-refractivity contribution in [2.24, 2.45) is 0 Å². The second kappa shape index (κ2) is 4.87. The fourth-order valence-electron chi connectivity index (χ4n) is 1.91. The van der Waals surface area contributed by atoms with Gasteiger partial charge in [0.15, 0.2) is 0 Å². The largest absolute Gasteiger partial charge is 0.461 e. The molecule has 0 saturated heterocycles. The van der Waals surface area contributed by atoms with Crippen LogP contribution < -0.4 is 0 Å². The van der Waals surface area contributed by atoms with Gasteiger partial charge in [0.2, 0.25) is 0 Å². The minimum Gasteiger partial charge on any atom is -0.461 e. The molecule has 0 spiro atoms. The quantitative estimate of drug-likeness (QED) is 0.647. The molecule has 0 fully saturated rings. The fraction of sp³-hybridized carbons (Fsp3) is 0.214. The average Bonchev–Trinajstić information content (AvgIpc) is 2.64. The van der Waals surface area contributed by atoms with Crippen LogP contribution in [0.15, 0.2) is 36.9 Å². The lowest BCUT2D eigenvalue weighted by Crippen LogP contribution is -2.08. The van der Waals surface area contributed by atoms with Crippen molar-refractivity contribution in [2.45, 2.75) is 13.3 Å². The monoisotopic (exact) mass is 229 g/mol. The SMILES string of the molecule is C=CCOC(=O)Cc1c(C)[nH]c2ccccc12. The zero-order valence-corrected chi connectivity index (χ0v) is 9.82. The Labute approximate surface area is 100 Å². The van der Waals surface area contributed by atoms with Gasteiger partial charge in [0, 0.05) is 16.6 Å². The lowest BCUT2D eigenvalue weighted by Gasteiger charge is -2.02. The highest BCUT2D eigenvalue weighted by Crippen LogP contribution is 2.22. The Morgan fingerprint density at radius 3 is 3.00 bits per heavy atom. The highest BCUT2D eigenvalue weighted by atomic mass is 16.5. The molecule has 0 unspecified atom stereocenters. The molecule has 0 aliphatic carbocycles. The van der Waals surface area contributed by atoms with E-state index in [0.717, 1.165) is 22.2 Å². The molecule has 2 rings (SSSR count). The topological polar surface area (TPSA) is 42.1 Å². The van der Waals surface area contributed by atoms with E-state index in [1.165, 1.54) is 0 Å². The van der Waals surface area contributed by atoms with Crippen molar-refractivity contribution in [3.8, 4) is 0 Å². The van der Waals surface area contributed by atoms with Gasteiger partial charge in [-0.15, -0.1) is 0 Å². The summed E-state index contributed by atoms with van der Waals surface area (Å²) >= 11 is 0. The van der Waals surface area contributed by atoms with Gasteiger partial charge in [0.05, 0.1) is 6.42 Å². The number of hydrogen-bond acceptors (Lipinski definition) is 2. The number of hydrogen-bond donors (Lipinski definition) is 1. The second-order valence-electron chi connectivity index (χ2n) is 3.92. The number of benzene rings is 1. The molecule has 0 saturated carbocycles. The van der Waals surface area contributed by atoms with Crippen LogP contribution in [0.25, 0.3) is 10.9 Å². The Kier molecular flexibility index (Phi) is 3.28. The van der Waals surface area contributed by atoms with Gasteiger partial charge >= 0.3 is 5.97 Å². The normalized spacial score (nSPS) is 10.4. The van der Waals surface area contributed by atoms with Crippen LogP contribution in [0.3, 0.4) is 0 Å². The molecule has 3 heteroatoms. The zero-order chi connectivity index (χ0) is 12.3. The Hall–Kier alpha value is -2.03. The number of fused-ring (bicyclic) bond motifs is 1. The summed E-state index contributed by atoms with van der Waals surface area (Å²) in [7, 11) is 0. The van der Waals surface area contributed by atoms with E-state index in [-0.39, 0.29) is 12.6 Å². The maximum Gasteiger partial charge on any atom is 0.310 e. The summed E-state index contributed by atoms with van der Waals surface area (Å²) in [5, 5.41) is 1.08. The van der Waals surface area contributed by atoms with E-state index in [9.17, 15) is 4.79 Å². The van der Waals surface area contributed by atoms with Gasteiger partial charge < -0.3 is 9.72 Å². The smallest absolute Gasteiger partial charge is 0.310 e. The van der Waals surface area contributed by atoms with E-state index in [2.05, 4.69) is 11.6 Å². The summed E-state index contributed by atoms with van der Waals surface area (Å²) in [6.07, 6.45) is 1.86. The van der Waals surface area contributed by atoms with Crippen LogP contribution in [0.1, 0.15) is 11.3 Å². The molecular formula is C14H15NO2. The molecule has 0 radical (unpaired) electrons. The van der Waals surface area contributed by atoms with Crippen molar-refractivity contribution in [2.75, 3.05) is 6.61 Å². The van der Waals surface area contributed by atoms with E-state index in [1.54, 1.807) is 6.08 Å². The van der Waals surface area contributed by atoms with Crippen molar-refractivity contribution in [3.05, 3.63) is 48.2 Å². The first-order valence-electron chi connectivity index (χ1n) is 5.55. The van der Waals surface area contributed by atoms with E-state index >= 15 is 0 Å². The maximum atomic E-state index is 11.6. The molecule has 0 amide bonds. The third kappa shape index (κ3) is 2.38. The minimum atomic E-state index is -0.224. The van der Waals surface area contributed by atoms with Gasteiger partial charge in [-0.05, 0) is 18.6 Å². The molecule has 88 valence electrons. The predicted octanol–water partition coefficient (Wildman–Crippen LogP) is 2.75. The maximum absolute atomic E-state index is 11.6. The van der Waals surface area contributed by atoms with E-state index in [1.807, 2.05) is 31.2 Å². The Bertz CT molecular complexity index is 554. The van der Waals surface area contributed by atoms with Gasteiger partial charge in [-0.3, -0.25) is 4.79 Å². The summed E-state index contributed by atoms with van der Waals surface area (Å²) in [6, 6.07) is 7.95. The first-order valence-corrected chi connectivity index (χ1v) is 5.55. The van der Waals surface area contributed by atoms with Crippen molar-refractivity contribution in [1.29, 1.82) is 0 Å². The Balaban J connectivity index is 2.26. The summed E-state index contributed by atoms with van der Waals surface area (Å²) < 4.78 is 5.00. The van der Waals surface area contributed by atoms with Crippen LogP contribution in [-0.4, -0.2) is 17.6 Å². The summed E-state index contributed by atoms with van der Waals surface area (Å²) in [6.45, 7) is 5.75. The van der Waals surface area contributed by atoms with Gasteiger partial charge in [-0.2, -0.15) is 0 Å². The molecular weight excluding hydrogens is 214 g/mol. The number of aromatic nitrogens is 1. The highest BCUT2D eigenvalue weighted by Gasteiger charge is 2.12. The predicted molar refractivity (Wildman–Crippen MR) is 67.9 cm³/mol. The van der Waals surface area contributed by atoms with Gasteiger partial charge in [0.25, 0.3) is 0 Å². The van der Waals surface area contributed by atoms with Gasteiger partial charge in [-0.25, -0.2) is 0 Å². The number of rotatable bonds is 4. The van der Waals surface area contributed by atoms with Crippen LogP contribution in [0, 0.1) is 6.92 Å². The standard InChI is InChI=1S/C14H15NO2/c1-3-8-17-14(16)9-12-10(2)15-13-7-5-4-6-11(12)13/h3-7,15H,1,8-9H2,2H3. The van der Waals surface area contributed by atoms with Crippen LogP contribution in [-0.2, 0) is 16.0 Å². The number of esters is 1. The van der Waals surface area contributed by atoms with E-state index in [4.69, 9.17) is 4.74 Å². The van der Waals surface area contributed by atoms with E-state index < -0.39 is 0 Å². The molecule has 3 nitrogen and oxygen atoms in total. The molecule has 1 aromatic carbocycles. The number of ether oxygens (including phenoxy) is 1. The summed E-state index contributed by atoms with van der Waals surface area (Å²) in [5.41, 5.74) is 3.08. The third-order valence-corrected chi connectivity index (χ3v) is 2.71. The van der Waals surface area contributed by atoms with Crippen LogP contribution in [0.5, 0.6) is 0 Å². The summed E-state index contributed by atoms with van der Waals surface area (Å²) in [5.74, 6) is -0.224. The number of para-hydroxylation sites is 1. The Morgan fingerprint density at radius 2 is 2.24 bits per heavy atom. The molecule has 1 heterocycles. The molecule has 2 aromatic rings. The second-order valence-corrected chi connectivity index (χ2v) is 3.92. The number of aryl methyl sites for hydroxylation is 1. The van der Waals surface area contributed by atoms with Crippen molar-refractivity contribution in [3.63, 3.8) is 0 Å². The van der Waals surface area contributed by atoms with Gasteiger partial charge in [-0.1, -0.05) is 30.9 Å². The number of nitrogens with one attached hydrogen (secondary N) is 1. The summed E-state index contributed by atoms with van der Waals surface area (Å²) in [4.78, 5) is 14.8. The first-order chi connectivity index (χ1) is 8.22. The third-order valence-electron chi connectivity index (χ3n) is 2.71. The highest BCUT2D eigenvalue weighted by molar-refractivity contribution is 5.88. The lowest BCUT2D eigenvalue weighted by atomic mass is 10.1. The van der Waals surface area contributed by atoms with Crippen LogP contribution in [0.2, 0.25) is 0 Å².